The Morgan fingerprint density at radius 1 is 1.33 bits per heavy atom. The normalized spacial score (nSPS) is 13.2. The lowest BCUT2D eigenvalue weighted by atomic mass is 10.00. The second-order valence-corrected chi connectivity index (χ2v) is 5.50. The fourth-order valence-electron chi connectivity index (χ4n) is 1.76. The second kappa shape index (κ2) is 6.01. The molecule has 0 aliphatic carbocycles. The van der Waals surface area contributed by atoms with Gasteiger partial charge in [0, 0.05) is 6.42 Å². The minimum absolute atomic E-state index is 0.229. The lowest BCUT2D eigenvalue weighted by Gasteiger charge is -2.20. The number of hydrogen-bond acceptors (Lipinski definition) is 3. The van der Waals surface area contributed by atoms with E-state index >= 15 is 0 Å². The molecule has 18 heavy (non-hydrogen) atoms. The fourth-order valence-corrected chi connectivity index (χ4v) is 1.76. The third-order valence-corrected chi connectivity index (χ3v) is 2.59. The van der Waals surface area contributed by atoms with E-state index in [2.05, 4.69) is 0 Å². The number of hydrogen-bond donors (Lipinski definition) is 1. The topological polar surface area (TPSA) is 46.5 Å². The van der Waals surface area contributed by atoms with Gasteiger partial charge in [-0.1, -0.05) is 24.3 Å². The smallest absolute Gasteiger partial charge is 0.306 e. The molecule has 0 heterocycles. The highest BCUT2D eigenvalue weighted by atomic mass is 16.6. The van der Waals surface area contributed by atoms with Crippen LogP contribution in [-0.4, -0.2) is 16.7 Å². The number of rotatable bonds is 4. The summed E-state index contributed by atoms with van der Waals surface area (Å²) in [5.74, 6) is -0.268. The molecule has 0 aliphatic rings. The predicted molar refractivity (Wildman–Crippen MR) is 71.2 cm³/mol. The van der Waals surface area contributed by atoms with Crippen molar-refractivity contribution in [3.8, 4) is 0 Å². The highest BCUT2D eigenvalue weighted by molar-refractivity contribution is 5.69. The van der Waals surface area contributed by atoms with E-state index in [1.165, 1.54) is 0 Å². The first-order valence-electron chi connectivity index (χ1n) is 6.25. The largest absolute Gasteiger partial charge is 0.460 e. The first-order chi connectivity index (χ1) is 8.29. The second-order valence-electron chi connectivity index (χ2n) is 5.50. The average Bonchev–Trinajstić information content (AvgIpc) is 2.24. The van der Waals surface area contributed by atoms with Crippen molar-refractivity contribution in [3.63, 3.8) is 0 Å². The zero-order chi connectivity index (χ0) is 13.8. The zero-order valence-corrected chi connectivity index (χ0v) is 11.6. The molecule has 0 aliphatic heterocycles. The maximum absolute atomic E-state index is 11.5. The van der Waals surface area contributed by atoms with Crippen molar-refractivity contribution in [2.24, 2.45) is 0 Å². The molecule has 0 radical (unpaired) electrons. The van der Waals surface area contributed by atoms with Crippen LogP contribution in [0.1, 0.15) is 50.8 Å². The van der Waals surface area contributed by atoms with Crippen molar-refractivity contribution in [3.05, 3.63) is 35.4 Å². The number of aryl methyl sites for hydroxylation is 1. The van der Waals surface area contributed by atoms with Gasteiger partial charge in [0.2, 0.25) is 0 Å². The summed E-state index contributed by atoms with van der Waals surface area (Å²) in [4.78, 5) is 11.5. The minimum Gasteiger partial charge on any atom is -0.460 e. The van der Waals surface area contributed by atoms with Gasteiger partial charge in [-0.15, -0.1) is 0 Å². The van der Waals surface area contributed by atoms with Crippen molar-refractivity contribution < 1.29 is 14.6 Å². The quantitative estimate of drug-likeness (QED) is 0.835. The lowest BCUT2D eigenvalue weighted by molar-refractivity contribution is -0.155. The molecule has 1 atom stereocenters. The van der Waals surface area contributed by atoms with E-state index in [4.69, 9.17) is 4.74 Å². The predicted octanol–water partition coefficient (Wildman–Crippen LogP) is 3.15. The van der Waals surface area contributed by atoms with E-state index in [0.29, 0.717) is 6.42 Å². The van der Waals surface area contributed by atoms with Gasteiger partial charge in [0.25, 0.3) is 0 Å². The van der Waals surface area contributed by atoms with Crippen LogP contribution in [0.15, 0.2) is 24.3 Å². The maximum atomic E-state index is 11.5. The van der Waals surface area contributed by atoms with Gasteiger partial charge < -0.3 is 9.84 Å². The fraction of sp³-hybridized carbons (Fsp3) is 0.533. The third-order valence-electron chi connectivity index (χ3n) is 2.59. The summed E-state index contributed by atoms with van der Waals surface area (Å²) in [6.07, 6.45) is 0.00530. The van der Waals surface area contributed by atoms with E-state index < -0.39 is 11.7 Å². The Morgan fingerprint density at radius 3 is 2.50 bits per heavy atom. The van der Waals surface area contributed by atoms with Crippen molar-refractivity contribution in [1.29, 1.82) is 0 Å². The van der Waals surface area contributed by atoms with Crippen molar-refractivity contribution in [1.82, 2.24) is 0 Å². The molecule has 0 saturated carbocycles. The van der Waals surface area contributed by atoms with E-state index in [9.17, 15) is 9.90 Å². The van der Waals surface area contributed by atoms with Gasteiger partial charge in [0.15, 0.2) is 0 Å². The van der Waals surface area contributed by atoms with Crippen molar-refractivity contribution >= 4 is 5.97 Å². The number of carbonyl (C=O) groups is 1. The molecule has 0 bridgehead atoms. The first-order valence-corrected chi connectivity index (χ1v) is 6.25. The molecule has 0 unspecified atom stereocenters. The van der Waals surface area contributed by atoms with Gasteiger partial charge in [-0.05, 0) is 45.2 Å². The SMILES string of the molecule is Cc1ccccc1[C@@H](O)CCC(=O)OC(C)(C)C. The monoisotopic (exact) mass is 250 g/mol. The van der Waals surface area contributed by atoms with Crippen LogP contribution in [0.3, 0.4) is 0 Å². The number of aliphatic hydroxyl groups excluding tert-OH is 1. The van der Waals surface area contributed by atoms with Gasteiger partial charge in [-0.3, -0.25) is 4.79 Å². The van der Waals surface area contributed by atoms with Crippen LogP contribution in [0.25, 0.3) is 0 Å². The third kappa shape index (κ3) is 4.88. The van der Waals surface area contributed by atoms with E-state index in [1.54, 1.807) is 0 Å². The molecule has 1 N–H and O–H groups in total. The minimum atomic E-state index is -0.612. The van der Waals surface area contributed by atoms with Gasteiger partial charge >= 0.3 is 5.97 Å². The number of carbonyl (C=O) groups excluding carboxylic acids is 1. The van der Waals surface area contributed by atoms with Gasteiger partial charge in [-0.25, -0.2) is 0 Å². The molecule has 1 aromatic rings. The number of benzene rings is 1. The highest BCUT2D eigenvalue weighted by Crippen LogP contribution is 2.22. The van der Waals surface area contributed by atoms with Crippen LogP contribution in [0, 0.1) is 6.92 Å². The Bertz CT molecular complexity index is 404. The summed E-state index contributed by atoms with van der Waals surface area (Å²) in [7, 11) is 0. The van der Waals surface area contributed by atoms with Crippen LogP contribution in [-0.2, 0) is 9.53 Å². The summed E-state index contributed by atoms with van der Waals surface area (Å²) in [5, 5.41) is 10.0. The molecule has 1 aromatic carbocycles. The van der Waals surface area contributed by atoms with Crippen LogP contribution in [0.5, 0.6) is 0 Å². The van der Waals surface area contributed by atoms with Gasteiger partial charge in [-0.2, -0.15) is 0 Å². The molecule has 0 spiro atoms. The molecule has 0 amide bonds. The molecule has 3 nitrogen and oxygen atoms in total. The molecule has 0 saturated heterocycles. The number of esters is 1. The summed E-state index contributed by atoms with van der Waals surface area (Å²) in [5.41, 5.74) is 1.44. The van der Waals surface area contributed by atoms with Crippen LogP contribution < -0.4 is 0 Å². The van der Waals surface area contributed by atoms with E-state index in [-0.39, 0.29) is 12.4 Å². The Balaban J connectivity index is 2.49. The number of aliphatic hydroxyl groups is 1. The Labute approximate surface area is 109 Å². The molecule has 3 heteroatoms. The summed E-state index contributed by atoms with van der Waals surface area (Å²) in [6, 6.07) is 7.65. The van der Waals surface area contributed by atoms with Gasteiger partial charge in [0.1, 0.15) is 5.60 Å². The Kier molecular flexibility index (Phi) is 4.91. The maximum Gasteiger partial charge on any atom is 0.306 e. The Morgan fingerprint density at radius 2 is 1.94 bits per heavy atom. The number of ether oxygens (including phenoxy) is 1. The van der Waals surface area contributed by atoms with Crippen LogP contribution >= 0.6 is 0 Å². The molecule has 0 aromatic heterocycles. The van der Waals surface area contributed by atoms with Crippen LogP contribution in [0.4, 0.5) is 0 Å². The molecular weight excluding hydrogens is 228 g/mol. The molecule has 1 rings (SSSR count). The average molecular weight is 250 g/mol. The molecular formula is C15H22O3. The van der Waals surface area contributed by atoms with Gasteiger partial charge in [0.05, 0.1) is 6.10 Å². The zero-order valence-electron chi connectivity index (χ0n) is 11.6. The van der Waals surface area contributed by atoms with Crippen molar-refractivity contribution in [2.45, 2.75) is 52.2 Å². The summed E-state index contributed by atoms with van der Waals surface area (Å²) in [6.45, 7) is 7.46. The molecule has 0 fully saturated rings. The Hall–Kier alpha value is -1.35. The van der Waals surface area contributed by atoms with Crippen LogP contribution in [0.2, 0.25) is 0 Å². The lowest BCUT2D eigenvalue weighted by Crippen LogP contribution is -2.24. The highest BCUT2D eigenvalue weighted by Gasteiger charge is 2.18. The first kappa shape index (κ1) is 14.7. The standard InChI is InChI=1S/C15H22O3/c1-11-7-5-6-8-12(11)13(16)9-10-14(17)18-15(2,3)4/h5-8,13,16H,9-10H2,1-4H3/t13-/m0/s1. The van der Waals surface area contributed by atoms with E-state index in [0.717, 1.165) is 11.1 Å². The van der Waals surface area contributed by atoms with Crippen molar-refractivity contribution in [2.75, 3.05) is 0 Å². The molecule has 100 valence electrons. The summed E-state index contributed by atoms with van der Waals surface area (Å²) < 4.78 is 5.20. The van der Waals surface area contributed by atoms with E-state index in [1.807, 2.05) is 52.0 Å². The summed E-state index contributed by atoms with van der Waals surface area (Å²) >= 11 is 0.